The van der Waals surface area contributed by atoms with E-state index in [4.69, 9.17) is 0 Å². The first-order valence-corrected chi connectivity index (χ1v) is 7.28. The summed E-state index contributed by atoms with van der Waals surface area (Å²) < 4.78 is 0. The molecule has 0 unspecified atom stereocenters. The minimum atomic E-state index is -0.661. The fraction of sp³-hybridized carbons (Fsp3) is 0.222. The number of allylic oxidation sites excluding steroid dienone is 1. The van der Waals surface area contributed by atoms with E-state index in [1.54, 1.807) is 42.6 Å². The van der Waals surface area contributed by atoms with Crippen molar-refractivity contribution in [1.82, 2.24) is 4.98 Å². The molecular weight excluding hydrogens is 292 g/mol. The van der Waals surface area contributed by atoms with Crippen molar-refractivity contribution < 1.29 is 15.0 Å². The summed E-state index contributed by atoms with van der Waals surface area (Å²) in [4.78, 5) is 16.3. The monoisotopic (exact) mass is 312 g/mol. The second-order valence-electron chi connectivity index (χ2n) is 5.41. The van der Waals surface area contributed by atoms with Crippen LogP contribution in [-0.4, -0.2) is 21.0 Å². The van der Waals surface area contributed by atoms with Crippen LogP contribution in [0.4, 0.5) is 5.69 Å². The number of Topliss-reactive ketones (excluding diaryl/α,β-unsaturated/α-hetero) is 1. The molecule has 2 aromatic rings. The largest absolute Gasteiger partial charge is 0.512 e. The quantitative estimate of drug-likeness (QED) is 0.446. The lowest BCUT2D eigenvalue weighted by Gasteiger charge is -2.22. The first kappa shape index (κ1) is 16.5. The highest BCUT2D eigenvalue weighted by Crippen LogP contribution is 2.32. The summed E-state index contributed by atoms with van der Waals surface area (Å²) >= 11 is 0. The molecule has 5 nitrogen and oxygen atoms in total. The van der Waals surface area contributed by atoms with E-state index in [0.717, 1.165) is 5.56 Å². The molecule has 0 amide bonds. The Hall–Kier alpha value is -2.82. The number of nitrogens with zero attached hydrogens (tertiary/aromatic N) is 1. The van der Waals surface area contributed by atoms with E-state index in [9.17, 15) is 15.0 Å². The number of nitrogens with one attached hydrogen (secondary N) is 1. The molecule has 23 heavy (non-hydrogen) atoms. The van der Waals surface area contributed by atoms with Crippen molar-refractivity contribution in [3.63, 3.8) is 0 Å². The molecule has 1 atom stereocenters. The molecule has 1 heterocycles. The molecule has 120 valence electrons. The Morgan fingerprint density at radius 1 is 1.22 bits per heavy atom. The van der Waals surface area contributed by atoms with Gasteiger partial charge in [-0.1, -0.05) is 12.1 Å². The van der Waals surface area contributed by atoms with Crippen LogP contribution < -0.4 is 5.32 Å². The molecule has 0 aliphatic rings. The third-order valence-electron chi connectivity index (χ3n) is 3.49. The van der Waals surface area contributed by atoms with Crippen LogP contribution in [-0.2, 0) is 4.79 Å². The van der Waals surface area contributed by atoms with E-state index in [2.05, 4.69) is 10.3 Å². The fourth-order valence-electron chi connectivity index (χ4n) is 2.43. The number of aliphatic hydroxyl groups is 1. The molecule has 2 rings (SSSR count). The van der Waals surface area contributed by atoms with Gasteiger partial charge in [0.05, 0.1) is 22.7 Å². The van der Waals surface area contributed by atoms with Gasteiger partial charge in [0.15, 0.2) is 5.78 Å². The molecule has 5 heteroatoms. The lowest BCUT2D eigenvalue weighted by atomic mass is 9.98. The number of benzene rings is 1. The highest BCUT2D eigenvalue weighted by atomic mass is 16.3. The van der Waals surface area contributed by atoms with Gasteiger partial charge in [0.25, 0.3) is 0 Å². The van der Waals surface area contributed by atoms with E-state index in [0.29, 0.717) is 11.4 Å². The number of aryl methyl sites for hydroxylation is 1. The summed E-state index contributed by atoms with van der Waals surface area (Å²) in [7, 11) is 0. The highest BCUT2D eigenvalue weighted by Gasteiger charge is 2.24. The number of aromatic hydroxyl groups is 1. The summed E-state index contributed by atoms with van der Waals surface area (Å²) in [6.45, 7) is 4.76. The van der Waals surface area contributed by atoms with Gasteiger partial charge in [0.1, 0.15) is 11.8 Å². The highest BCUT2D eigenvalue weighted by molar-refractivity contribution is 5.95. The van der Waals surface area contributed by atoms with Crippen LogP contribution in [0.25, 0.3) is 0 Å². The third kappa shape index (κ3) is 3.88. The number of hydrogen-bond donors (Lipinski definition) is 3. The number of aliphatic hydroxyl groups excluding tert-OH is 1. The number of rotatable bonds is 5. The Morgan fingerprint density at radius 2 is 1.96 bits per heavy atom. The number of carbonyl (C=O) groups excluding carboxylic acids is 1. The molecule has 0 aliphatic heterocycles. The van der Waals surface area contributed by atoms with Gasteiger partial charge >= 0.3 is 0 Å². The summed E-state index contributed by atoms with van der Waals surface area (Å²) in [5, 5.41) is 23.1. The second-order valence-corrected chi connectivity index (χ2v) is 5.41. The number of phenolic OH excluding ortho intramolecular Hbond substituents is 1. The molecule has 0 aliphatic carbocycles. The molecule has 0 saturated carbocycles. The summed E-state index contributed by atoms with van der Waals surface area (Å²) in [5.74, 6) is -0.275. The normalized spacial score (nSPS) is 13.2. The fourth-order valence-corrected chi connectivity index (χ4v) is 2.43. The summed E-state index contributed by atoms with van der Waals surface area (Å²) in [6.07, 6.45) is 1.62. The van der Waals surface area contributed by atoms with Crippen molar-refractivity contribution in [2.45, 2.75) is 26.8 Å². The number of phenols is 1. The molecule has 0 bridgehead atoms. The predicted molar refractivity (Wildman–Crippen MR) is 89.5 cm³/mol. The number of aromatic nitrogens is 1. The summed E-state index contributed by atoms with van der Waals surface area (Å²) in [5.41, 5.74) is 2.22. The van der Waals surface area contributed by atoms with Gasteiger partial charge in [0, 0.05) is 6.20 Å². The van der Waals surface area contributed by atoms with Crippen molar-refractivity contribution >= 4 is 11.5 Å². The smallest absolute Gasteiger partial charge is 0.161 e. The number of ketones is 1. The topological polar surface area (TPSA) is 82.5 Å². The van der Waals surface area contributed by atoms with Crippen molar-refractivity contribution in [2.24, 2.45) is 0 Å². The Morgan fingerprint density at radius 3 is 2.52 bits per heavy atom. The number of carbonyl (C=O) groups is 1. The third-order valence-corrected chi connectivity index (χ3v) is 3.49. The molecule has 0 radical (unpaired) electrons. The van der Waals surface area contributed by atoms with Crippen LogP contribution in [0.3, 0.4) is 0 Å². The van der Waals surface area contributed by atoms with E-state index in [-0.39, 0.29) is 22.9 Å². The maximum absolute atomic E-state index is 12.0. The zero-order chi connectivity index (χ0) is 17.0. The van der Waals surface area contributed by atoms with Crippen LogP contribution in [0, 0.1) is 6.92 Å². The average Bonchev–Trinajstić information content (AvgIpc) is 2.50. The van der Waals surface area contributed by atoms with E-state index in [1.807, 2.05) is 6.92 Å². The molecule has 1 aromatic heterocycles. The van der Waals surface area contributed by atoms with Gasteiger partial charge in [-0.25, -0.2) is 0 Å². The number of hydrogen-bond acceptors (Lipinski definition) is 5. The van der Waals surface area contributed by atoms with Crippen molar-refractivity contribution in [1.29, 1.82) is 0 Å². The SMILES string of the molecule is CC(=O)C(=C(C)O)[C@@H](Nc1cc(C)ccc1O)c1ccccn1. The van der Waals surface area contributed by atoms with Crippen LogP contribution >= 0.6 is 0 Å². The van der Waals surface area contributed by atoms with Crippen molar-refractivity contribution in [2.75, 3.05) is 5.32 Å². The minimum Gasteiger partial charge on any atom is -0.512 e. The molecular formula is C18H20N2O3. The minimum absolute atomic E-state index is 0.0648. The van der Waals surface area contributed by atoms with Gasteiger partial charge in [0.2, 0.25) is 0 Å². The molecule has 3 N–H and O–H groups in total. The van der Waals surface area contributed by atoms with Crippen LogP contribution in [0.15, 0.2) is 53.9 Å². The molecule has 0 spiro atoms. The van der Waals surface area contributed by atoms with Crippen LogP contribution in [0.2, 0.25) is 0 Å². The number of pyridine rings is 1. The van der Waals surface area contributed by atoms with Crippen molar-refractivity contribution in [3.8, 4) is 5.75 Å². The number of anilines is 1. The Labute approximate surface area is 135 Å². The Balaban J connectivity index is 2.52. The second kappa shape index (κ2) is 6.96. The summed E-state index contributed by atoms with van der Waals surface area (Å²) in [6, 6.07) is 9.81. The lowest BCUT2D eigenvalue weighted by Crippen LogP contribution is -2.20. The molecule has 0 fully saturated rings. The van der Waals surface area contributed by atoms with Gasteiger partial charge in [-0.05, 0) is 50.6 Å². The molecule has 0 saturated heterocycles. The Bertz CT molecular complexity index is 735. The van der Waals surface area contributed by atoms with Crippen LogP contribution in [0.5, 0.6) is 5.75 Å². The van der Waals surface area contributed by atoms with E-state index < -0.39 is 6.04 Å². The maximum Gasteiger partial charge on any atom is 0.161 e. The zero-order valence-corrected chi connectivity index (χ0v) is 13.4. The van der Waals surface area contributed by atoms with E-state index in [1.165, 1.54) is 13.8 Å². The predicted octanol–water partition coefficient (Wildman–Crippen LogP) is 3.67. The van der Waals surface area contributed by atoms with Gasteiger partial charge in [-0.15, -0.1) is 0 Å². The molecule has 1 aromatic carbocycles. The average molecular weight is 312 g/mol. The van der Waals surface area contributed by atoms with Gasteiger partial charge in [-0.3, -0.25) is 9.78 Å². The van der Waals surface area contributed by atoms with Gasteiger partial charge in [-0.2, -0.15) is 0 Å². The van der Waals surface area contributed by atoms with Gasteiger partial charge < -0.3 is 15.5 Å². The van der Waals surface area contributed by atoms with E-state index >= 15 is 0 Å². The van der Waals surface area contributed by atoms with Crippen LogP contribution in [0.1, 0.15) is 31.1 Å². The first-order valence-electron chi connectivity index (χ1n) is 7.28. The first-order chi connectivity index (χ1) is 10.9. The standard InChI is InChI=1S/C18H20N2O3/c1-11-7-8-16(23)15(10-11)20-18(14-6-4-5-9-19-14)17(12(2)21)13(3)22/h4-10,18,20-21,23H,1-3H3/t18-/m0/s1. The Kier molecular flexibility index (Phi) is 5.01. The maximum atomic E-state index is 12.0. The lowest BCUT2D eigenvalue weighted by molar-refractivity contribution is -0.114. The van der Waals surface area contributed by atoms with Crippen molar-refractivity contribution in [3.05, 3.63) is 65.2 Å². The zero-order valence-electron chi connectivity index (χ0n) is 13.4.